The van der Waals surface area contributed by atoms with Gasteiger partial charge in [-0.05, 0) is 49.7 Å². The number of nitriles is 2. The molecule has 2 amide bonds. The van der Waals surface area contributed by atoms with Crippen LogP contribution in [0.1, 0.15) is 36.6 Å². The third kappa shape index (κ3) is 5.03. The molecule has 14 heteroatoms. The van der Waals surface area contributed by atoms with Crippen LogP contribution in [-0.2, 0) is 26.0 Å². The Bertz CT molecular complexity index is 1620. The molecule has 1 heterocycles. The quantitative estimate of drug-likeness (QED) is 0.544. The first-order valence-electron chi connectivity index (χ1n) is 10.5. The van der Waals surface area contributed by atoms with Gasteiger partial charge >= 0.3 is 12.2 Å². The standard InChI is InChI=1S/C23H19F3N4O5S2/c1-4-37(34,35)30-21(18-9-8-15(12-27)10-20(18)36(3,32)33)19(13-28)14(2)29(22(30)31)17-7-5-6-16(11-17)23(24,25)26/h5-11,21H,4H2,1-3H3. The smallest absolute Gasteiger partial charge is 0.265 e. The zero-order valence-corrected chi connectivity index (χ0v) is 21.2. The van der Waals surface area contributed by atoms with E-state index in [0.717, 1.165) is 36.6 Å². The Morgan fingerprint density at radius 2 is 1.68 bits per heavy atom. The molecule has 9 nitrogen and oxygen atoms in total. The molecule has 0 fully saturated rings. The van der Waals surface area contributed by atoms with Gasteiger partial charge in [0.25, 0.3) is 0 Å². The van der Waals surface area contributed by atoms with E-state index in [4.69, 9.17) is 0 Å². The van der Waals surface area contributed by atoms with Crippen molar-refractivity contribution in [3.05, 3.63) is 70.4 Å². The van der Waals surface area contributed by atoms with Gasteiger partial charge in [-0.25, -0.2) is 25.9 Å². The Balaban J connectivity index is 2.43. The fourth-order valence-electron chi connectivity index (χ4n) is 3.91. The third-order valence-electron chi connectivity index (χ3n) is 5.67. The molecule has 0 N–H and O–H groups in total. The van der Waals surface area contributed by atoms with Crippen LogP contribution in [0.2, 0.25) is 0 Å². The molecule has 0 bridgehead atoms. The van der Waals surface area contributed by atoms with E-state index >= 15 is 0 Å². The minimum atomic E-state index is -4.77. The molecule has 0 aliphatic carbocycles. The predicted octanol–water partition coefficient (Wildman–Crippen LogP) is 4.11. The highest BCUT2D eigenvalue weighted by molar-refractivity contribution is 7.90. The number of anilines is 1. The van der Waals surface area contributed by atoms with Crippen molar-refractivity contribution in [1.82, 2.24) is 4.31 Å². The topological polar surface area (TPSA) is 139 Å². The Morgan fingerprint density at radius 3 is 2.19 bits per heavy atom. The van der Waals surface area contributed by atoms with E-state index in [9.17, 15) is 45.3 Å². The van der Waals surface area contributed by atoms with Crippen LogP contribution in [0.4, 0.5) is 23.7 Å². The van der Waals surface area contributed by atoms with Crippen molar-refractivity contribution in [3.8, 4) is 12.1 Å². The minimum absolute atomic E-state index is 0.0685. The van der Waals surface area contributed by atoms with Gasteiger partial charge in [0.15, 0.2) is 9.84 Å². The number of urea groups is 1. The number of rotatable bonds is 5. The number of halogens is 3. The van der Waals surface area contributed by atoms with E-state index in [1.807, 2.05) is 0 Å². The van der Waals surface area contributed by atoms with Crippen LogP contribution in [0.25, 0.3) is 0 Å². The lowest BCUT2D eigenvalue weighted by Crippen LogP contribution is -2.52. The summed E-state index contributed by atoms with van der Waals surface area (Å²) >= 11 is 0. The van der Waals surface area contributed by atoms with Crippen LogP contribution in [0.3, 0.4) is 0 Å². The Labute approximate surface area is 211 Å². The molecule has 1 aliphatic heterocycles. The summed E-state index contributed by atoms with van der Waals surface area (Å²) in [6.07, 6.45) is -3.96. The van der Waals surface area contributed by atoms with Gasteiger partial charge in [-0.2, -0.15) is 23.7 Å². The molecular formula is C23H19F3N4O5S2. The van der Waals surface area contributed by atoms with Gasteiger partial charge in [0.1, 0.15) is 6.04 Å². The van der Waals surface area contributed by atoms with Crippen LogP contribution >= 0.6 is 0 Å². The van der Waals surface area contributed by atoms with Gasteiger partial charge < -0.3 is 0 Å². The summed E-state index contributed by atoms with van der Waals surface area (Å²) < 4.78 is 91.8. The van der Waals surface area contributed by atoms with Gasteiger partial charge in [-0.3, -0.25) is 4.90 Å². The maximum atomic E-state index is 13.7. The van der Waals surface area contributed by atoms with Gasteiger partial charge in [-0.1, -0.05) is 12.1 Å². The van der Waals surface area contributed by atoms with Crippen LogP contribution in [0.15, 0.2) is 58.6 Å². The maximum Gasteiger partial charge on any atom is 0.416 e. The number of hydrogen-bond donors (Lipinski definition) is 0. The highest BCUT2D eigenvalue weighted by Crippen LogP contribution is 2.43. The first-order valence-corrected chi connectivity index (χ1v) is 14.0. The summed E-state index contributed by atoms with van der Waals surface area (Å²) in [6, 6.07) is 7.43. The minimum Gasteiger partial charge on any atom is -0.265 e. The summed E-state index contributed by atoms with van der Waals surface area (Å²) in [6.45, 7) is 2.45. The summed E-state index contributed by atoms with van der Waals surface area (Å²) in [7, 11) is -8.62. The Morgan fingerprint density at radius 1 is 1.03 bits per heavy atom. The molecule has 0 aromatic heterocycles. The zero-order chi connectivity index (χ0) is 27.9. The van der Waals surface area contributed by atoms with E-state index in [1.165, 1.54) is 19.9 Å². The molecule has 0 saturated heterocycles. The number of nitrogens with zero attached hydrogens (tertiary/aromatic N) is 4. The molecule has 1 aliphatic rings. The second-order valence-electron chi connectivity index (χ2n) is 8.01. The summed E-state index contributed by atoms with van der Waals surface area (Å²) in [5.74, 6) is -0.645. The monoisotopic (exact) mass is 552 g/mol. The highest BCUT2D eigenvalue weighted by Gasteiger charge is 2.47. The average Bonchev–Trinajstić information content (AvgIpc) is 2.82. The van der Waals surface area contributed by atoms with Crippen LogP contribution in [-0.4, -0.2) is 39.2 Å². The number of carbonyl (C=O) groups excluding carboxylic acids is 1. The Hall–Kier alpha value is -3.88. The van der Waals surface area contributed by atoms with Crippen LogP contribution in [0.5, 0.6) is 0 Å². The van der Waals surface area contributed by atoms with E-state index in [1.54, 1.807) is 12.1 Å². The van der Waals surface area contributed by atoms with Gasteiger partial charge in [0.05, 0.1) is 45.2 Å². The number of amides is 2. The molecule has 3 rings (SSSR count). The van der Waals surface area contributed by atoms with Crippen molar-refractivity contribution in [2.75, 3.05) is 16.9 Å². The number of carbonyl (C=O) groups is 1. The number of alkyl halides is 3. The lowest BCUT2D eigenvalue weighted by molar-refractivity contribution is -0.137. The number of allylic oxidation sites excluding steroid dienone is 1. The van der Waals surface area contributed by atoms with Crippen molar-refractivity contribution >= 4 is 31.6 Å². The van der Waals surface area contributed by atoms with Crippen LogP contribution in [0, 0.1) is 22.7 Å². The first-order chi connectivity index (χ1) is 17.1. The summed E-state index contributed by atoms with van der Waals surface area (Å²) in [4.78, 5) is 13.9. The van der Waals surface area contributed by atoms with Gasteiger partial charge in [0.2, 0.25) is 10.0 Å². The van der Waals surface area contributed by atoms with E-state index in [0.29, 0.717) is 15.3 Å². The lowest BCUT2D eigenvalue weighted by Gasteiger charge is -2.41. The number of sulfonamides is 1. The number of hydrogen-bond acceptors (Lipinski definition) is 7. The van der Waals surface area contributed by atoms with Crippen molar-refractivity contribution < 1.29 is 34.8 Å². The normalized spacial score (nSPS) is 17.0. The Kier molecular flexibility index (Phi) is 7.14. The maximum absolute atomic E-state index is 13.7. The SMILES string of the molecule is CCS(=O)(=O)N1C(=O)N(c2cccc(C(F)(F)F)c2)C(C)=C(C#N)C1c1ccc(C#N)cc1S(C)(=O)=O. The molecule has 1 unspecified atom stereocenters. The molecule has 2 aromatic carbocycles. The number of benzene rings is 2. The second kappa shape index (κ2) is 9.53. The zero-order valence-electron chi connectivity index (χ0n) is 19.6. The molecule has 0 saturated carbocycles. The van der Waals surface area contributed by atoms with E-state index in [2.05, 4.69) is 0 Å². The summed E-state index contributed by atoms with van der Waals surface area (Å²) in [5, 5.41) is 19.2. The number of sulfone groups is 1. The molecule has 194 valence electrons. The molecule has 37 heavy (non-hydrogen) atoms. The molecule has 0 radical (unpaired) electrons. The lowest BCUT2D eigenvalue weighted by atomic mass is 9.94. The fraction of sp³-hybridized carbons (Fsp3) is 0.261. The van der Waals surface area contributed by atoms with E-state index in [-0.39, 0.29) is 28.1 Å². The largest absolute Gasteiger partial charge is 0.416 e. The summed E-state index contributed by atoms with van der Waals surface area (Å²) in [5.41, 5.74) is -2.36. The van der Waals surface area contributed by atoms with Gasteiger partial charge in [-0.15, -0.1) is 0 Å². The predicted molar refractivity (Wildman–Crippen MR) is 126 cm³/mol. The molecular weight excluding hydrogens is 533 g/mol. The molecule has 1 atom stereocenters. The van der Waals surface area contributed by atoms with Crippen molar-refractivity contribution in [3.63, 3.8) is 0 Å². The highest BCUT2D eigenvalue weighted by atomic mass is 32.2. The van der Waals surface area contributed by atoms with Crippen LogP contribution < -0.4 is 4.90 Å². The van der Waals surface area contributed by atoms with Gasteiger partial charge in [0, 0.05) is 12.0 Å². The second-order valence-corrected chi connectivity index (χ2v) is 12.1. The molecule has 0 spiro atoms. The van der Waals surface area contributed by atoms with Crippen molar-refractivity contribution in [2.45, 2.75) is 31.0 Å². The fourth-order valence-corrected chi connectivity index (χ4v) is 5.99. The average molecular weight is 553 g/mol. The van der Waals surface area contributed by atoms with Crippen molar-refractivity contribution in [1.29, 1.82) is 10.5 Å². The van der Waals surface area contributed by atoms with E-state index < -0.39 is 54.3 Å². The van der Waals surface area contributed by atoms with Crippen molar-refractivity contribution in [2.24, 2.45) is 0 Å². The first kappa shape index (κ1) is 27.7. The third-order valence-corrected chi connectivity index (χ3v) is 8.51. The molecule has 2 aromatic rings.